The van der Waals surface area contributed by atoms with Crippen molar-refractivity contribution in [2.24, 2.45) is 5.92 Å². The van der Waals surface area contributed by atoms with Crippen LogP contribution in [0.4, 0.5) is 5.69 Å². The zero-order valence-corrected chi connectivity index (χ0v) is 21.1. The molecule has 8 heteroatoms. The number of nitrogens with one attached hydrogen (secondary N) is 1. The number of carbonyl (C=O) groups excluding carboxylic acids is 3. The molecule has 0 bridgehead atoms. The lowest BCUT2D eigenvalue weighted by Gasteiger charge is -2.36. The molecular weight excluding hydrogens is 446 g/mol. The zero-order chi connectivity index (χ0) is 25.5. The van der Waals surface area contributed by atoms with Crippen molar-refractivity contribution in [2.45, 2.75) is 39.3 Å². The van der Waals surface area contributed by atoms with Crippen molar-refractivity contribution in [2.75, 3.05) is 39.2 Å². The normalized spacial score (nSPS) is 21.3. The smallest absolute Gasteiger partial charge is 0.257 e. The third kappa shape index (κ3) is 6.39. The highest BCUT2D eigenvalue weighted by Crippen LogP contribution is 2.27. The maximum atomic E-state index is 13.3. The number of hydrogen-bond acceptors (Lipinski definition) is 5. The molecule has 3 rings (SSSR count). The van der Waals surface area contributed by atoms with Gasteiger partial charge in [-0.3, -0.25) is 14.4 Å². The van der Waals surface area contributed by atoms with E-state index in [0.717, 1.165) is 0 Å². The van der Waals surface area contributed by atoms with Crippen molar-refractivity contribution >= 4 is 23.4 Å². The van der Waals surface area contributed by atoms with E-state index in [0.29, 0.717) is 42.1 Å². The number of carbonyl (C=O) groups is 3. The van der Waals surface area contributed by atoms with E-state index in [1.807, 2.05) is 31.7 Å². The summed E-state index contributed by atoms with van der Waals surface area (Å²) in [5, 5.41) is 2.86. The largest absolute Gasteiger partial charge is 0.491 e. The molecule has 3 atom stereocenters. The Morgan fingerprint density at radius 3 is 2.49 bits per heavy atom. The Labute approximate surface area is 207 Å². The fourth-order valence-electron chi connectivity index (χ4n) is 4.19. The van der Waals surface area contributed by atoms with Crippen LogP contribution in [-0.2, 0) is 9.53 Å². The third-order valence-corrected chi connectivity index (χ3v) is 6.36. The fraction of sp³-hybridized carbons (Fsp3) is 0.444. The lowest BCUT2D eigenvalue weighted by Crippen LogP contribution is -2.48. The molecule has 8 nitrogen and oxygen atoms in total. The minimum absolute atomic E-state index is 0.0164. The second-order valence-electron chi connectivity index (χ2n) is 9.03. The van der Waals surface area contributed by atoms with Crippen molar-refractivity contribution in [3.63, 3.8) is 0 Å². The van der Waals surface area contributed by atoms with Crippen LogP contribution < -0.4 is 10.1 Å². The molecule has 1 aliphatic heterocycles. The second kappa shape index (κ2) is 11.8. The standard InChI is InChI=1S/C27H35N3O5/c1-6-25(31)30-15-18(2)24(34-5)16-29(4)27(33)22-13-12-21(14-23(22)35-17-19(30)3)28-26(32)20-10-8-7-9-11-20/h7-14,18-19,24H,6,15-17H2,1-5H3,(H,28,32)/t18-,19-,24+/m1/s1. The fourth-order valence-corrected chi connectivity index (χ4v) is 4.19. The number of ether oxygens (including phenoxy) is 2. The summed E-state index contributed by atoms with van der Waals surface area (Å²) in [4.78, 5) is 42.1. The molecule has 1 N–H and O–H groups in total. The lowest BCUT2D eigenvalue weighted by atomic mass is 10.0. The summed E-state index contributed by atoms with van der Waals surface area (Å²) in [5.74, 6) is -0.0563. The molecule has 1 heterocycles. The minimum atomic E-state index is -0.257. The van der Waals surface area contributed by atoms with Gasteiger partial charge >= 0.3 is 0 Å². The number of methoxy groups -OCH3 is 1. The monoisotopic (exact) mass is 481 g/mol. The molecule has 0 radical (unpaired) electrons. The SMILES string of the molecule is CCC(=O)N1C[C@@H](C)[C@@H](OC)CN(C)C(=O)c2ccc(NC(=O)c3ccccc3)cc2OC[C@H]1C. The summed E-state index contributed by atoms with van der Waals surface area (Å²) in [6, 6.07) is 13.7. The highest BCUT2D eigenvalue weighted by atomic mass is 16.5. The van der Waals surface area contributed by atoms with Crippen LogP contribution in [0.3, 0.4) is 0 Å². The van der Waals surface area contributed by atoms with E-state index in [9.17, 15) is 14.4 Å². The first kappa shape index (κ1) is 26.2. The van der Waals surface area contributed by atoms with Crippen molar-refractivity contribution in [1.29, 1.82) is 0 Å². The Morgan fingerprint density at radius 2 is 1.83 bits per heavy atom. The summed E-state index contributed by atoms with van der Waals surface area (Å²) in [7, 11) is 3.35. The predicted octanol–water partition coefficient (Wildman–Crippen LogP) is 3.68. The number of likely N-dealkylation sites (N-methyl/N-ethyl adjacent to an activating group) is 1. The molecule has 188 valence electrons. The molecule has 0 saturated heterocycles. The number of benzene rings is 2. The van der Waals surface area contributed by atoms with E-state index in [1.165, 1.54) is 0 Å². The van der Waals surface area contributed by atoms with Crippen molar-refractivity contribution < 1.29 is 23.9 Å². The number of rotatable bonds is 4. The van der Waals surface area contributed by atoms with Crippen molar-refractivity contribution in [3.05, 3.63) is 59.7 Å². The number of amides is 3. The highest BCUT2D eigenvalue weighted by Gasteiger charge is 2.30. The van der Waals surface area contributed by atoms with Crippen LogP contribution in [0.25, 0.3) is 0 Å². The van der Waals surface area contributed by atoms with Gasteiger partial charge in [0.05, 0.1) is 17.7 Å². The van der Waals surface area contributed by atoms with E-state index in [4.69, 9.17) is 9.47 Å². The van der Waals surface area contributed by atoms with E-state index in [1.54, 1.807) is 61.5 Å². The molecule has 1 aliphatic rings. The molecule has 3 amide bonds. The zero-order valence-electron chi connectivity index (χ0n) is 21.1. The number of nitrogens with zero attached hydrogens (tertiary/aromatic N) is 2. The van der Waals surface area contributed by atoms with Crippen LogP contribution in [-0.4, -0.2) is 73.5 Å². The Hall–Kier alpha value is -3.39. The summed E-state index contributed by atoms with van der Waals surface area (Å²) >= 11 is 0. The van der Waals surface area contributed by atoms with Crippen molar-refractivity contribution in [1.82, 2.24) is 9.80 Å². The van der Waals surface area contributed by atoms with Gasteiger partial charge in [0.1, 0.15) is 12.4 Å². The Balaban J connectivity index is 1.94. The van der Waals surface area contributed by atoms with Crippen molar-refractivity contribution in [3.8, 4) is 5.75 Å². The summed E-state index contributed by atoms with van der Waals surface area (Å²) in [6.45, 7) is 6.87. The molecule has 0 saturated carbocycles. The van der Waals surface area contributed by atoms with Crippen LogP contribution in [0.5, 0.6) is 5.75 Å². The molecule has 0 aromatic heterocycles. The molecule has 35 heavy (non-hydrogen) atoms. The van der Waals surface area contributed by atoms with Gasteiger partial charge in [0.15, 0.2) is 0 Å². The molecule has 0 unspecified atom stereocenters. The van der Waals surface area contributed by atoms with Crippen LogP contribution >= 0.6 is 0 Å². The maximum absolute atomic E-state index is 13.3. The number of hydrogen-bond donors (Lipinski definition) is 1. The summed E-state index contributed by atoms with van der Waals surface area (Å²) in [6.07, 6.45) is 0.149. The van der Waals surface area contributed by atoms with Crippen LogP contribution in [0.1, 0.15) is 47.9 Å². The topological polar surface area (TPSA) is 88.2 Å². The lowest BCUT2D eigenvalue weighted by molar-refractivity contribution is -0.135. The van der Waals surface area contributed by atoms with Gasteiger partial charge in [0, 0.05) is 56.9 Å². The molecule has 2 aromatic rings. The van der Waals surface area contributed by atoms with Gasteiger partial charge in [-0.25, -0.2) is 0 Å². The van der Waals surface area contributed by atoms with Gasteiger partial charge in [-0.2, -0.15) is 0 Å². The second-order valence-corrected chi connectivity index (χ2v) is 9.03. The van der Waals surface area contributed by atoms with E-state index < -0.39 is 0 Å². The highest BCUT2D eigenvalue weighted by molar-refractivity contribution is 6.05. The average molecular weight is 482 g/mol. The molecular formula is C27H35N3O5. The van der Waals surface area contributed by atoms with Gasteiger partial charge in [-0.15, -0.1) is 0 Å². The maximum Gasteiger partial charge on any atom is 0.257 e. The molecule has 0 aliphatic carbocycles. The van der Waals surface area contributed by atoms with E-state index in [-0.39, 0.29) is 42.4 Å². The minimum Gasteiger partial charge on any atom is -0.491 e. The first-order valence-corrected chi connectivity index (χ1v) is 12.0. The predicted molar refractivity (Wildman–Crippen MR) is 135 cm³/mol. The Morgan fingerprint density at radius 1 is 1.11 bits per heavy atom. The number of fused-ring (bicyclic) bond motifs is 1. The van der Waals surface area contributed by atoms with Gasteiger partial charge in [0.25, 0.3) is 11.8 Å². The average Bonchev–Trinajstić information content (AvgIpc) is 2.87. The van der Waals surface area contributed by atoms with Gasteiger partial charge < -0.3 is 24.6 Å². The first-order chi connectivity index (χ1) is 16.7. The summed E-state index contributed by atoms with van der Waals surface area (Å²) < 4.78 is 11.8. The van der Waals surface area contributed by atoms with Gasteiger partial charge in [-0.1, -0.05) is 32.0 Å². The van der Waals surface area contributed by atoms with Crippen LogP contribution in [0.15, 0.2) is 48.5 Å². The summed E-state index contributed by atoms with van der Waals surface area (Å²) in [5.41, 5.74) is 1.42. The van der Waals surface area contributed by atoms with Crippen LogP contribution in [0, 0.1) is 5.92 Å². The van der Waals surface area contributed by atoms with Crippen LogP contribution in [0.2, 0.25) is 0 Å². The molecule has 0 spiro atoms. The molecule has 0 fully saturated rings. The first-order valence-electron chi connectivity index (χ1n) is 12.0. The quantitative estimate of drug-likeness (QED) is 0.720. The third-order valence-electron chi connectivity index (χ3n) is 6.36. The van der Waals surface area contributed by atoms with E-state index in [2.05, 4.69) is 5.32 Å². The van der Waals surface area contributed by atoms with Gasteiger partial charge in [0.2, 0.25) is 5.91 Å². The van der Waals surface area contributed by atoms with Gasteiger partial charge in [-0.05, 0) is 31.2 Å². The Kier molecular flexibility index (Phi) is 8.87. The number of anilines is 1. The molecule has 2 aromatic carbocycles. The Bertz CT molecular complexity index is 1040. The van der Waals surface area contributed by atoms with E-state index >= 15 is 0 Å².